The van der Waals surface area contributed by atoms with E-state index < -0.39 is 0 Å². The first-order valence-corrected chi connectivity index (χ1v) is 6.96. The van der Waals surface area contributed by atoms with Crippen LogP contribution in [0.3, 0.4) is 0 Å². The fourth-order valence-electron chi connectivity index (χ4n) is 2.14. The number of H-pyrrole nitrogens is 1. The van der Waals surface area contributed by atoms with Crippen LogP contribution in [0.2, 0.25) is 0 Å². The Balaban J connectivity index is 1.88. The zero-order chi connectivity index (χ0) is 11.4. The number of nitrogens with one attached hydrogen (secondary N) is 2. The lowest BCUT2D eigenvalue weighted by Crippen LogP contribution is -2.34. The Morgan fingerprint density at radius 2 is 2.38 bits per heavy atom. The van der Waals surface area contributed by atoms with E-state index in [0.29, 0.717) is 11.3 Å². The van der Waals surface area contributed by atoms with Crippen molar-refractivity contribution in [1.29, 1.82) is 0 Å². The van der Waals surface area contributed by atoms with E-state index in [2.05, 4.69) is 27.4 Å². The number of hydrogen-bond donors (Lipinski definition) is 2. The first kappa shape index (κ1) is 11.9. The molecule has 1 aromatic rings. The normalized spacial score (nSPS) is 25.1. The van der Waals surface area contributed by atoms with Crippen LogP contribution in [0.5, 0.6) is 0 Å². The molecule has 2 unspecified atom stereocenters. The van der Waals surface area contributed by atoms with E-state index in [0.717, 1.165) is 17.5 Å². The maximum Gasteiger partial charge on any atom is 0.208 e. The molecule has 5 heteroatoms. The fraction of sp³-hybridized carbons (Fsp3) is 0.818. The molecule has 4 nitrogen and oxygen atoms in total. The summed E-state index contributed by atoms with van der Waals surface area (Å²) < 4.78 is 0. The van der Waals surface area contributed by atoms with Crippen molar-refractivity contribution in [3.63, 3.8) is 0 Å². The van der Waals surface area contributed by atoms with Gasteiger partial charge in [0.15, 0.2) is 0 Å². The largest absolute Gasteiger partial charge is 0.313 e. The van der Waals surface area contributed by atoms with Crippen molar-refractivity contribution in [2.75, 3.05) is 6.54 Å². The lowest BCUT2D eigenvalue weighted by molar-refractivity contribution is 0.530. The highest BCUT2D eigenvalue weighted by atomic mass is 32.2. The molecule has 2 N–H and O–H groups in total. The third-order valence-corrected chi connectivity index (χ3v) is 4.20. The molecule has 0 bridgehead atoms. The Bertz CT molecular complexity index is 326. The van der Waals surface area contributed by atoms with Crippen molar-refractivity contribution in [3.05, 3.63) is 5.82 Å². The zero-order valence-corrected chi connectivity index (χ0v) is 10.8. The molecule has 16 heavy (non-hydrogen) atoms. The summed E-state index contributed by atoms with van der Waals surface area (Å²) in [5, 5.41) is 12.2. The van der Waals surface area contributed by atoms with Crippen LogP contribution in [-0.2, 0) is 0 Å². The fourth-order valence-corrected chi connectivity index (χ4v) is 3.38. The molecular weight excluding hydrogens is 220 g/mol. The minimum atomic E-state index is 0.641. The van der Waals surface area contributed by atoms with Crippen LogP contribution in [0.1, 0.15) is 38.4 Å². The highest BCUT2D eigenvalue weighted by molar-refractivity contribution is 7.99. The van der Waals surface area contributed by atoms with Crippen LogP contribution in [0.15, 0.2) is 5.16 Å². The first-order chi connectivity index (χ1) is 7.79. The summed E-state index contributed by atoms with van der Waals surface area (Å²) in [5.74, 6) is 0.901. The van der Waals surface area contributed by atoms with E-state index in [1.807, 2.05) is 18.7 Å². The second kappa shape index (κ2) is 5.68. The lowest BCUT2D eigenvalue weighted by Gasteiger charge is -2.18. The summed E-state index contributed by atoms with van der Waals surface area (Å²) >= 11 is 1.81. The van der Waals surface area contributed by atoms with Gasteiger partial charge in [0.25, 0.3) is 0 Å². The monoisotopic (exact) mass is 240 g/mol. The van der Waals surface area contributed by atoms with Crippen LogP contribution in [0.25, 0.3) is 0 Å². The van der Waals surface area contributed by atoms with Crippen molar-refractivity contribution in [3.8, 4) is 0 Å². The van der Waals surface area contributed by atoms with Crippen LogP contribution >= 0.6 is 11.8 Å². The molecule has 1 saturated carbocycles. The van der Waals surface area contributed by atoms with Gasteiger partial charge in [0.1, 0.15) is 5.82 Å². The van der Waals surface area contributed by atoms with Gasteiger partial charge in [0.2, 0.25) is 5.16 Å². The van der Waals surface area contributed by atoms with Gasteiger partial charge in [-0.15, -0.1) is 5.10 Å². The summed E-state index contributed by atoms with van der Waals surface area (Å²) in [4.78, 5) is 4.36. The number of aromatic nitrogens is 3. The maximum absolute atomic E-state index is 4.36. The molecule has 0 amide bonds. The van der Waals surface area contributed by atoms with Crippen molar-refractivity contribution in [2.45, 2.75) is 56.0 Å². The number of nitrogens with zero attached hydrogens (tertiary/aromatic N) is 2. The maximum atomic E-state index is 4.36. The molecule has 0 saturated heterocycles. The topological polar surface area (TPSA) is 53.6 Å². The second-order valence-electron chi connectivity index (χ2n) is 4.35. The van der Waals surface area contributed by atoms with Gasteiger partial charge in [-0.2, -0.15) is 0 Å². The Labute approximate surface area is 101 Å². The number of aryl methyl sites for hydroxylation is 1. The number of thioether (sulfide) groups is 1. The minimum absolute atomic E-state index is 0.641. The third kappa shape index (κ3) is 2.98. The minimum Gasteiger partial charge on any atom is -0.313 e. The molecule has 0 radical (unpaired) electrons. The smallest absolute Gasteiger partial charge is 0.208 e. The molecule has 0 aliphatic heterocycles. The summed E-state index contributed by atoms with van der Waals surface area (Å²) in [7, 11) is 0. The molecule has 2 rings (SSSR count). The average molecular weight is 240 g/mol. The molecule has 1 fully saturated rings. The van der Waals surface area contributed by atoms with E-state index in [9.17, 15) is 0 Å². The van der Waals surface area contributed by atoms with E-state index in [1.165, 1.54) is 25.7 Å². The Kier molecular flexibility index (Phi) is 4.23. The summed E-state index contributed by atoms with van der Waals surface area (Å²) in [5.41, 5.74) is 0. The molecule has 1 aliphatic rings. The summed E-state index contributed by atoms with van der Waals surface area (Å²) in [6, 6.07) is 0.642. The quantitative estimate of drug-likeness (QED) is 0.828. The van der Waals surface area contributed by atoms with Gasteiger partial charge >= 0.3 is 0 Å². The predicted molar refractivity (Wildman–Crippen MR) is 66.7 cm³/mol. The summed E-state index contributed by atoms with van der Waals surface area (Å²) in [6.45, 7) is 5.27. The van der Waals surface area contributed by atoms with Gasteiger partial charge in [0.05, 0.1) is 0 Å². The van der Waals surface area contributed by atoms with Crippen molar-refractivity contribution < 1.29 is 0 Å². The number of rotatable bonds is 5. The standard InChI is InChI=1S/C11H20N4S/c1-3-7-12-9-5-4-6-10(9)16-11-13-8(2)14-15-11/h9-10,12H,3-7H2,1-2H3,(H,13,14,15). The SMILES string of the molecule is CCCNC1CCCC1Sc1n[nH]c(C)n1. The van der Waals surface area contributed by atoms with Crippen LogP contribution in [0, 0.1) is 6.92 Å². The highest BCUT2D eigenvalue weighted by Crippen LogP contribution is 2.33. The molecule has 1 aliphatic carbocycles. The van der Waals surface area contributed by atoms with Gasteiger partial charge in [-0.1, -0.05) is 25.1 Å². The van der Waals surface area contributed by atoms with E-state index in [-0.39, 0.29) is 0 Å². The van der Waals surface area contributed by atoms with Gasteiger partial charge in [-0.3, -0.25) is 5.10 Å². The molecular formula is C11H20N4S. The Hall–Kier alpha value is -0.550. The van der Waals surface area contributed by atoms with Crippen molar-refractivity contribution in [1.82, 2.24) is 20.5 Å². The van der Waals surface area contributed by atoms with Crippen LogP contribution < -0.4 is 5.32 Å². The summed E-state index contributed by atoms with van der Waals surface area (Å²) in [6.07, 6.45) is 5.09. The van der Waals surface area contributed by atoms with Crippen molar-refractivity contribution in [2.24, 2.45) is 0 Å². The Morgan fingerprint density at radius 3 is 3.06 bits per heavy atom. The molecule has 0 spiro atoms. The lowest BCUT2D eigenvalue weighted by atomic mass is 10.2. The molecule has 0 aromatic carbocycles. The molecule has 1 aromatic heterocycles. The van der Waals surface area contributed by atoms with Crippen LogP contribution in [-0.4, -0.2) is 33.0 Å². The molecule has 2 atom stereocenters. The van der Waals surface area contributed by atoms with E-state index in [4.69, 9.17) is 0 Å². The molecule has 1 heterocycles. The van der Waals surface area contributed by atoms with Gasteiger partial charge in [0, 0.05) is 11.3 Å². The van der Waals surface area contributed by atoms with Gasteiger partial charge in [-0.05, 0) is 32.7 Å². The van der Waals surface area contributed by atoms with E-state index in [1.54, 1.807) is 0 Å². The average Bonchev–Trinajstić information content (AvgIpc) is 2.86. The predicted octanol–water partition coefficient (Wildman–Crippen LogP) is 2.13. The Morgan fingerprint density at radius 1 is 1.50 bits per heavy atom. The first-order valence-electron chi connectivity index (χ1n) is 6.08. The molecule has 90 valence electrons. The van der Waals surface area contributed by atoms with Gasteiger partial charge in [-0.25, -0.2) is 4.98 Å². The zero-order valence-electron chi connectivity index (χ0n) is 9.99. The van der Waals surface area contributed by atoms with E-state index >= 15 is 0 Å². The second-order valence-corrected chi connectivity index (χ2v) is 5.56. The highest BCUT2D eigenvalue weighted by Gasteiger charge is 2.28. The van der Waals surface area contributed by atoms with Crippen molar-refractivity contribution >= 4 is 11.8 Å². The third-order valence-electron chi connectivity index (χ3n) is 2.94. The van der Waals surface area contributed by atoms with Gasteiger partial charge < -0.3 is 5.32 Å². The van der Waals surface area contributed by atoms with Crippen LogP contribution in [0.4, 0.5) is 0 Å². The number of hydrogen-bond acceptors (Lipinski definition) is 4. The number of aromatic amines is 1.